The third-order valence-electron chi connectivity index (χ3n) is 7.84. The summed E-state index contributed by atoms with van der Waals surface area (Å²) in [5.74, 6) is 0.969. The molecule has 0 aliphatic carbocycles. The Morgan fingerprint density at radius 1 is 0.556 bits per heavy atom. The summed E-state index contributed by atoms with van der Waals surface area (Å²) in [7, 11) is 0. The molecular formula is C40H40O5. The predicted molar refractivity (Wildman–Crippen MR) is 179 cm³/mol. The van der Waals surface area contributed by atoms with Gasteiger partial charge in [-0.2, -0.15) is 0 Å². The molecule has 0 saturated heterocycles. The molecule has 0 radical (unpaired) electrons. The number of hydrogen-bond donors (Lipinski definition) is 0. The normalized spacial score (nSPS) is 12.2. The number of carbonyl (C=O) groups excluding carboxylic acids is 1. The number of benzene rings is 5. The first-order chi connectivity index (χ1) is 22.1. The van der Waals surface area contributed by atoms with E-state index in [1.807, 2.05) is 103 Å². The number of aryl methyl sites for hydroxylation is 1. The first kappa shape index (κ1) is 31.6. The minimum absolute atomic E-state index is 0.0248. The maximum Gasteiger partial charge on any atom is 0.311 e. The van der Waals surface area contributed by atoms with E-state index in [0.29, 0.717) is 24.3 Å². The standard InChI is InChI=1S/C40H40O5/c1-2-27-40(28-26-32-12-6-3-7-13-32,45-31-43-38-24-20-36(21-25-38)34-16-10-5-11-17-34)29-39(41)44-30-42-37-22-18-35(19-23-37)33-14-8-4-9-15-33/h3-25H,2,26-31H2,1H3/t40-/m1/s1. The van der Waals surface area contributed by atoms with Crippen LogP contribution in [0.15, 0.2) is 140 Å². The lowest BCUT2D eigenvalue weighted by atomic mass is 9.87. The Balaban J connectivity index is 1.18. The van der Waals surface area contributed by atoms with Crippen LogP contribution in [0.2, 0.25) is 0 Å². The molecule has 0 amide bonds. The zero-order chi connectivity index (χ0) is 31.2. The molecule has 0 bridgehead atoms. The van der Waals surface area contributed by atoms with Crippen molar-refractivity contribution < 1.29 is 23.7 Å². The minimum atomic E-state index is -0.747. The fraction of sp³-hybridized carbons (Fsp3) is 0.225. The van der Waals surface area contributed by atoms with Gasteiger partial charge < -0.3 is 18.9 Å². The highest BCUT2D eigenvalue weighted by molar-refractivity contribution is 5.70. The van der Waals surface area contributed by atoms with Crippen molar-refractivity contribution in [2.75, 3.05) is 13.6 Å². The number of ether oxygens (including phenoxy) is 4. The SMILES string of the molecule is CCC[C@@](CCc1ccccc1)(CC(=O)OCOc1ccc(-c2ccccc2)cc1)OCOc1ccc(-c2ccccc2)cc1. The van der Waals surface area contributed by atoms with Gasteiger partial charge in [0.2, 0.25) is 6.79 Å². The quantitative estimate of drug-likeness (QED) is 0.0834. The zero-order valence-corrected chi connectivity index (χ0v) is 25.8. The Hall–Kier alpha value is -4.87. The monoisotopic (exact) mass is 600 g/mol. The molecule has 1 atom stereocenters. The van der Waals surface area contributed by atoms with Crippen molar-refractivity contribution in [3.05, 3.63) is 145 Å². The second-order valence-electron chi connectivity index (χ2n) is 11.1. The molecule has 45 heavy (non-hydrogen) atoms. The maximum atomic E-state index is 13.2. The molecule has 0 fully saturated rings. The van der Waals surface area contributed by atoms with E-state index in [0.717, 1.165) is 35.1 Å². The van der Waals surface area contributed by atoms with Gasteiger partial charge in [-0.25, -0.2) is 0 Å². The molecule has 5 nitrogen and oxygen atoms in total. The molecule has 0 spiro atoms. The maximum absolute atomic E-state index is 13.2. The molecule has 230 valence electrons. The molecule has 0 heterocycles. The molecule has 0 aromatic heterocycles. The van der Waals surface area contributed by atoms with E-state index in [9.17, 15) is 4.79 Å². The second kappa shape index (κ2) is 16.3. The van der Waals surface area contributed by atoms with Crippen molar-refractivity contribution in [1.29, 1.82) is 0 Å². The van der Waals surface area contributed by atoms with Gasteiger partial charge in [0.25, 0.3) is 0 Å². The summed E-state index contributed by atoms with van der Waals surface area (Å²) < 4.78 is 23.7. The van der Waals surface area contributed by atoms with Gasteiger partial charge in [-0.05, 0) is 71.3 Å². The molecule has 5 aromatic carbocycles. The van der Waals surface area contributed by atoms with Crippen molar-refractivity contribution in [2.24, 2.45) is 0 Å². The molecular weight excluding hydrogens is 560 g/mol. The van der Waals surface area contributed by atoms with E-state index >= 15 is 0 Å². The van der Waals surface area contributed by atoms with Gasteiger partial charge in [0.15, 0.2) is 6.79 Å². The van der Waals surface area contributed by atoms with Crippen molar-refractivity contribution in [3.63, 3.8) is 0 Å². The highest BCUT2D eigenvalue weighted by atomic mass is 16.7. The van der Waals surface area contributed by atoms with Crippen molar-refractivity contribution in [1.82, 2.24) is 0 Å². The Kier molecular flexibility index (Phi) is 11.4. The zero-order valence-electron chi connectivity index (χ0n) is 25.8. The summed E-state index contributed by atoms with van der Waals surface area (Å²) in [6.07, 6.45) is 3.05. The smallest absolute Gasteiger partial charge is 0.311 e. The van der Waals surface area contributed by atoms with Gasteiger partial charge in [-0.15, -0.1) is 0 Å². The van der Waals surface area contributed by atoms with Crippen LogP contribution in [-0.2, 0) is 20.7 Å². The lowest BCUT2D eigenvalue weighted by Gasteiger charge is -2.33. The van der Waals surface area contributed by atoms with Gasteiger partial charge >= 0.3 is 5.97 Å². The fourth-order valence-electron chi connectivity index (χ4n) is 5.42. The van der Waals surface area contributed by atoms with Crippen molar-refractivity contribution in [3.8, 4) is 33.8 Å². The minimum Gasteiger partial charge on any atom is -0.468 e. The van der Waals surface area contributed by atoms with E-state index in [-0.39, 0.29) is 26.0 Å². The van der Waals surface area contributed by atoms with E-state index in [4.69, 9.17) is 18.9 Å². The largest absolute Gasteiger partial charge is 0.468 e. The Labute approximate surface area is 266 Å². The Bertz CT molecular complexity index is 1570. The van der Waals surface area contributed by atoms with Gasteiger partial charge in [0, 0.05) is 0 Å². The fourth-order valence-corrected chi connectivity index (χ4v) is 5.42. The summed E-state index contributed by atoms with van der Waals surface area (Å²) >= 11 is 0. The van der Waals surface area contributed by atoms with Crippen LogP contribution < -0.4 is 9.47 Å². The van der Waals surface area contributed by atoms with Gasteiger partial charge in [-0.1, -0.05) is 129 Å². The van der Waals surface area contributed by atoms with Gasteiger partial charge in [0.05, 0.1) is 12.0 Å². The van der Waals surface area contributed by atoms with Crippen molar-refractivity contribution in [2.45, 2.75) is 44.6 Å². The third-order valence-corrected chi connectivity index (χ3v) is 7.84. The first-order valence-corrected chi connectivity index (χ1v) is 15.5. The van der Waals surface area contributed by atoms with Crippen molar-refractivity contribution >= 4 is 5.97 Å². The van der Waals surface area contributed by atoms with Crippen LogP contribution in [0.5, 0.6) is 11.5 Å². The number of hydrogen-bond acceptors (Lipinski definition) is 5. The van der Waals surface area contributed by atoms with E-state index in [1.165, 1.54) is 5.56 Å². The van der Waals surface area contributed by atoms with Crippen LogP contribution in [0.3, 0.4) is 0 Å². The van der Waals surface area contributed by atoms with Crippen LogP contribution in [-0.4, -0.2) is 25.2 Å². The van der Waals surface area contributed by atoms with Crippen LogP contribution >= 0.6 is 0 Å². The molecule has 5 aromatic rings. The number of carbonyl (C=O) groups is 1. The average molecular weight is 601 g/mol. The summed E-state index contributed by atoms with van der Waals surface area (Å²) in [4.78, 5) is 13.2. The molecule has 0 aliphatic heterocycles. The molecule has 0 unspecified atom stereocenters. The molecule has 0 saturated carbocycles. The summed E-state index contributed by atoms with van der Waals surface area (Å²) in [6, 6.07) is 46.3. The number of rotatable bonds is 16. The topological polar surface area (TPSA) is 54.0 Å². The second-order valence-corrected chi connectivity index (χ2v) is 11.1. The van der Waals surface area contributed by atoms with E-state index < -0.39 is 5.60 Å². The Morgan fingerprint density at radius 2 is 1.02 bits per heavy atom. The van der Waals surface area contributed by atoms with Gasteiger partial charge in [-0.3, -0.25) is 4.79 Å². The Morgan fingerprint density at radius 3 is 1.53 bits per heavy atom. The van der Waals surface area contributed by atoms with E-state index in [1.54, 1.807) is 0 Å². The molecule has 0 aliphatic rings. The third kappa shape index (κ3) is 9.56. The van der Waals surface area contributed by atoms with Gasteiger partial charge in [0.1, 0.15) is 11.5 Å². The van der Waals surface area contributed by atoms with Crippen LogP contribution in [0, 0.1) is 0 Å². The predicted octanol–water partition coefficient (Wildman–Crippen LogP) is 9.51. The lowest BCUT2D eigenvalue weighted by molar-refractivity contribution is -0.166. The molecule has 5 heteroatoms. The summed E-state index contributed by atoms with van der Waals surface area (Å²) in [5.41, 5.74) is 4.93. The average Bonchev–Trinajstić information content (AvgIpc) is 3.09. The van der Waals surface area contributed by atoms with Crippen LogP contribution in [0.1, 0.15) is 38.2 Å². The molecule has 0 N–H and O–H groups in total. The highest BCUT2D eigenvalue weighted by Gasteiger charge is 2.34. The highest BCUT2D eigenvalue weighted by Crippen LogP contribution is 2.30. The lowest BCUT2D eigenvalue weighted by Crippen LogP contribution is -2.38. The number of esters is 1. The first-order valence-electron chi connectivity index (χ1n) is 15.5. The van der Waals surface area contributed by atoms with Crippen LogP contribution in [0.4, 0.5) is 0 Å². The molecule has 5 rings (SSSR count). The summed E-state index contributed by atoms with van der Waals surface area (Å²) in [6.45, 7) is 1.95. The summed E-state index contributed by atoms with van der Waals surface area (Å²) in [5, 5.41) is 0. The van der Waals surface area contributed by atoms with Crippen LogP contribution in [0.25, 0.3) is 22.3 Å². The van der Waals surface area contributed by atoms with E-state index in [2.05, 4.69) is 43.3 Å².